The van der Waals surface area contributed by atoms with Crippen molar-refractivity contribution in [2.45, 2.75) is 13.8 Å². The Labute approximate surface area is 141 Å². The minimum absolute atomic E-state index is 0.164. The van der Waals surface area contributed by atoms with E-state index in [1.807, 2.05) is 24.5 Å². The lowest BCUT2D eigenvalue weighted by Crippen LogP contribution is -2.51. The van der Waals surface area contributed by atoms with Gasteiger partial charge >= 0.3 is 6.03 Å². The molecule has 1 aliphatic heterocycles. The molecule has 0 aromatic heterocycles. The molecule has 8 heteroatoms. The number of urea groups is 1. The monoisotopic (exact) mass is 382 g/mol. The maximum atomic E-state index is 11.8. The number of nitrogens with one attached hydrogen (secondary N) is 2. The smallest absolute Gasteiger partial charge is 0.328 e. The molecule has 0 atom stereocenters. The molecule has 0 radical (unpaired) electrons. The molecule has 1 saturated heterocycles. The molecule has 1 aromatic rings. The van der Waals surface area contributed by atoms with Crippen LogP contribution in [0, 0.1) is 0 Å². The number of amides is 4. The summed E-state index contributed by atoms with van der Waals surface area (Å²) in [6.07, 6.45) is 1.38. The number of ether oxygens (including phenoxy) is 2. The lowest BCUT2D eigenvalue weighted by atomic mass is 10.1. The molecule has 1 aliphatic rings. The van der Waals surface area contributed by atoms with Crippen LogP contribution < -0.4 is 20.1 Å². The van der Waals surface area contributed by atoms with Gasteiger partial charge in [0.1, 0.15) is 5.57 Å². The van der Waals surface area contributed by atoms with Crippen molar-refractivity contribution in [2.24, 2.45) is 0 Å². The summed E-state index contributed by atoms with van der Waals surface area (Å²) in [5.41, 5.74) is 0.390. The quantitative estimate of drug-likeness (QED) is 0.599. The van der Waals surface area contributed by atoms with Crippen LogP contribution in [-0.4, -0.2) is 31.1 Å². The molecule has 2 rings (SSSR count). The van der Waals surface area contributed by atoms with Gasteiger partial charge in [0.2, 0.25) is 0 Å². The third-order valence-corrected chi connectivity index (χ3v) is 3.46. The van der Waals surface area contributed by atoms with Gasteiger partial charge in [0.05, 0.1) is 17.7 Å². The number of carbonyl (C=O) groups excluding carboxylic acids is 3. The molecule has 0 spiro atoms. The van der Waals surface area contributed by atoms with Gasteiger partial charge in [0.25, 0.3) is 11.8 Å². The van der Waals surface area contributed by atoms with Crippen molar-refractivity contribution in [3.05, 3.63) is 27.7 Å². The van der Waals surface area contributed by atoms with E-state index in [1.54, 1.807) is 12.1 Å². The van der Waals surface area contributed by atoms with Crippen molar-refractivity contribution in [3.63, 3.8) is 0 Å². The fraction of sp³-hybridized carbons (Fsp3) is 0.267. The van der Waals surface area contributed by atoms with Crippen LogP contribution in [0.4, 0.5) is 4.79 Å². The van der Waals surface area contributed by atoms with Crippen LogP contribution in [0.5, 0.6) is 11.5 Å². The van der Waals surface area contributed by atoms with Crippen molar-refractivity contribution >= 4 is 39.9 Å². The minimum atomic E-state index is -0.833. The fourth-order valence-electron chi connectivity index (χ4n) is 1.99. The van der Waals surface area contributed by atoms with Gasteiger partial charge in [-0.25, -0.2) is 4.79 Å². The van der Waals surface area contributed by atoms with Crippen LogP contribution in [-0.2, 0) is 9.59 Å². The second-order valence-corrected chi connectivity index (χ2v) is 5.35. The Morgan fingerprint density at radius 3 is 2.22 bits per heavy atom. The van der Waals surface area contributed by atoms with Crippen LogP contribution in [0.3, 0.4) is 0 Å². The van der Waals surface area contributed by atoms with E-state index in [2.05, 4.69) is 15.9 Å². The van der Waals surface area contributed by atoms with E-state index < -0.39 is 17.8 Å². The van der Waals surface area contributed by atoms with Gasteiger partial charge in [0, 0.05) is 0 Å². The topological polar surface area (TPSA) is 93.7 Å². The molecular weight excluding hydrogens is 368 g/mol. The normalized spacial score (nSPS) is 14.2. The van der Waals surface area contributed by atoms with Crippen molar-refractivity contribution in [2.75, 3.05) is 13.2 Å². The molecule has 4 amide bonds. The van der Waals surface area contributed by atoms with Crippen molar-refractivity contribution < 1.29 is 23.9 Å². The number of benzene rings is 1. The maximum absolute atomic E-state index is 11.8. The number of carbonyl (C=O) groups is 3. The van der Waals surface area contributed by atoms with E-state index in [1.165, 1.54) is 6.08 Å². The van der Waals surface area contributed by atoms with Crippen LogP contribution in [0.2, 0.25) is 0 Å². The molecule has 0 unspecified atom stereocenters. The Hall–Kier alpha value is -2.35. The van der Waals surface area contributed by atoms with Crippen LogP contribution in [0.25, 0.3) is 6.08 Å². The lowest BCUT2D eigenvalue weighted by molar-refractivity contribution is -0.123. The lowest BCUT2D eigenvalue weighted by Gasteiger charge is -2.16. The summed E-state index contributed by atoms with van der Waals surface area (Å²) in [7, 11) is 0. The van der Waals surface area contributed by atoms with Crippen LogP contribution in [0.15, 0.2) is 22.2 Å². The standard InChI is InChI=1S/C15H15BrN2O5/c1-3-22-11-7-8(6-10(16)12(11)23-4-2)5-9-13(19)17-15(21)18-14(9)20/h5-7H,3-4H2,1-2H3,(H2,17,18,19,20,21). The molecule has 1 aromatic carbocycles. The van der Waals surface area contributed by atoms with Gasteiger partial charge in [-0.15, -0.1) is 0 Å². The van der Waals surface area contributed by atoms with Crippen molar-refractivity contribution in [1.82, 2.24) is 10.6 Å². The SMILES string of the molecule is CCOc1cc(C=C2C(=O)NC(=O)NC2=O)cc(Br)c1OCC. The van der Waals surface area contributed by atoms with E-state index >= 15 is 0 Å². The number of rotatable bonds is 5. The highest BCUT2D eigenvalue weighted by Gasteiger charge is 2.27. The van der Waals surface area contributed by atoms with E-state index in [4.69, 9.17) is 9.47 Å². The average molecular weight is 383 g/mol. The summed E-state index contributed by atoms with van der Waals surface area (Å²) < 4.78 is 11.7. The Morgan fingerprint density at radius 1 is 1.04 bits per heavy atom. The summed E-state index contributed by atoms with van der Waals surface area (Å²) in [6, 6.07) is 2.51. The fourth-order valence-corrected chi connectivity index (χ4v) is 2.57. The molecule has 2 N–H and O–H groups in total. The second-order valence-electron chi connectivity index (χ2n) is 4.49. The largest absolute Gasteiger partial charge is 0.490 e. The highest BCUT2D eigenvalue weighted by atomic mass is 79.9. The van der Waals surface area contributed by atoms with Crippen molar-refractivity contribution in [1.29, 1.82) is 0 Å². The summed E-state index contributed by atoms with van der Waals surface area (Å²) in [4.78, 5) is 34.6. The summed E-state index contributed by atoms with van der Waals surface area (Å²) in [5.74, 6) is -0.462. The number of barbiturate groups is 1. The molecule has 1 heterocycles. The highest BCUT2D eigenvalue weighted by Crippen LogP contribution is 2.37. The molecular formula is C15H15BrN2O5. The number of halogens is 1. The first-order chi connectivity index (χ1) is 11.0. The predicted molar refractivity (Wildman–Crippen MR) is 86.1 cm³/mol. The molecule has 1 fully saturated rings. The third-order valence-electron chi connectivity index (χ3n) is 2.87. The molecule has 23 heavy (non-hydrogen) atoms. The Morgan fingerprint density at radius 2 is 1.65 bits per heavy atom. The van der Waals surface area contributed by atoms with Gasteiger partial charge in [-0.05, 0) is 53.5 Å². The average Bonchev–Trinajstić information content (AvgIpc) is 2.47. The molecule has 0 bridgehead atoms. The van der Waals surface area contributed by atoms with E-state index in [-0.39, 0.29) is 5.57 Å². The van der Waals surface area contributed by atoms with Crippen LogP contribution in [0.1, 0.15) is 19.4 Å². The summed E-state index contributed by atoms with van der Waals surface area (Å²) >= 11 is 3.38. The van der Waals surface area contributed by atoms with Gasteiger partial charge in [-0.2, -0.15) is 0 Å². The number of hydrogen-bond acceptors (Lipinski definition) is 5. The van der Waals surface area contributed by atoms with Gasteiger partial charge in [-0.3, -0.25) is 20.2 Å². The van der Waals surface area contributed by atoms with Gasteiger partial charge in [0.15, 0.2) is 11.5 Å². The first kappa shape index (κ1) is 17.0. The first-order valence-electron chi connectivity index (χ1n) is 6.93. The van der Waals surface area contributed by atoms with Crippen molar-refractivity contribution in [3.8, 4) is 11.5 Å². The van der Waals surface area contributed by atoms with Crippen LogP contribution >= 0.6 is 15.9 Å². The number of hydrogen-bond donors (Lipinski definition) is 2. The van der Waals surface area contributed by atoms with E-state index in [0.29, 0.717) is 34.7 Å². The first-order valence-corrected chi connectivity index (χ1v) is 7.73. The minimum Gasteiger partial charge on any atom is -0.490 e. The van der Waals surface area contributed by atoms with Gasteiger partial charge in [-0.1, -0.05) is 0 Å². The molecule has 0 aliphatic carbocycles. The van der Waals surface area contributed by atoms with Gasteiger partial charge < -0.3 is 9.47 Å². The zero-order valence-electron chi connectivity index (χ0n) is 12.6. The van der Waals surface area contributed by atoms with E-state index in [9.17, 15) is 14.4 Å². The zero-order valence-corrected chi connectivity index (χ0v) is 14.2. The highest BCUT2D eigenvalue weighted by molar-refractivity contribution is 9.10. The summed E-state index contributed by atoms with van der Waals surface area (Å²) in [6.45, 7) is 4.59. The Balaban J connectivity index is 2.43. The third kappa shape index (κ3) is 3.89. The molecule has 7 nitrogen and oxygen atoms in total. The maximum Gasteiger partial charge on any atom is 0.328 e. The second kappa shape index (κ2) is 7.28. The Kier molecular flexibility index (Phi) is 5.38. The Bertz CT molecular complexity index is 677. The zero-order chi connectivity index (χ0) is 17.0. The molecule has 122 valence electrons. The number of imide groups is 2. The predicted octanol–water partition coefficient (Wildman–Crippen LogP) is 2.00. The van der Waals surface area contributed by atoms with E-state index in [0.717, 1.165) is 0 Å². The summed E-state index contributed by atoms with van der Waals surface area (Å²) in [5, 5.41) is 4.04. The molecule has 0 saturated carbocycles.